The molecule has 242 valence electrons. The number of nitrogens with two attached hydrogens (primary N) is 1. The zero-order chi connectivity index (χ0) is 32.3. The Hall–Kier alpha value is -3.28. The Bertz CT molecular complexity index is 1370. The highest BCUT2D eigenvalue weighted by Crippen LogP contribution is 2.33. The minimum atomic E-state index is -1.46. The Labute approximate surface area is 254 Å². The highest BCUT2D eigenvalue weighted by molar-refractivity contribution is 6.04. The SMILES string of the molecule is CC1OC(n2c(NC(=O)c3ccc(NC(=O)C(C)(N)CO)cc3)ccnc2=O)CCC1OC1OC(C)C(N(C)C)C(O)C1O. The van der Waals surface area contributed by atoms with E-state index >= 15 is 0 Å². The van der Waals surface area contributed by atoms with Crippen LogP contribution in [0.1, 0.15) is 50.2 Å². The van der Waals surface area contributed by atoms with Gasteiger partial charge in [-0.25, -0.2) is 9.78 Å². The highest BCUT2D eigenvalue weighted by Gasteiger charge is 2.46. The van der Waals surface area contributed by atoms with Crippen LogP contribution in [0, 0.1) is 0 Å². The summed E-state index contributed by atoms with van der Waals surface area (Å²) in [6, 6.07) is 7.08. The lowest BCUT2D eigenvalue weighted by Crippen LogP contribution is -2.62. The third-order valence-electron chi connectivity index (χ3n) is 7.97. The summed E-state index contributed by atoms with van der Waals surface area (Å²) < 4.78 is 19.4. The third kappa shape index (κ3) is 7.33. The van der Waals surface area contributed by atoms with Gasteiger partial charge in [0.1, 0.15) is 29.8 Å². The van der Waals surface area contributed by atoms with E-state index in [4.69, 9.17) is 19.9 Å². The van der Waals surface area contributed by atoms with E-state index in [9.17, 15) is 29.7 Å². The minimum absolute atomic E-state index is 0.170. The number of nitrogens with one attached hydrogen (secondary N) is 2. The second kappa shape index (κ2) is 13.8. The summed E-state index contributed by atoms with van der Waals surface area (Å²) >= 11 is 0. The number of ether oxygens (including phenoxy) is 3. The van der Waals surface area contributed by atoms with Crippen molar-refractivity contribution in [3.8, 4) is 0 Å². The highest BCUT2D eigenvalue weighted by atomic mass is 16.7. The fraction of sp³-hybridized carbons (Fsp3) is 0.586. The molecule has 0 bridgehead atoms. The topological polar surface area (TPSA) is 211 Å². The number of anilines is 2. The van der Waals surface area contributed by atoms with Crippen LogP contribution < -0.4 is 22.1 Å². The lowest BCUT2D eigenvalue weighted by atomic mass is 9.96. The van der Waals surface area contributed by atoms with Crippen molar-refractivity contribution in [2.24, 2.45) is 5.73 Å². The summed E-state index contributed by atoms with van der Waals surface area (Å²) in [5, 5.41) is 35.9. The Kier molecular flexibility index (Phi) is 10.5. The molecule has 9 atom stereocenters. The maximum atomic E-state index is 13.1. The van der Waals surface area contributed by atoms with Crippen LogP contribution >= 0.6 is 0 Å². The van der Waals surface area contributed by atoms with Gasteiger partial charge in [-0.15, -0.1) is 0 Å². The summed E-state index contributed by atoms with van der Waals surface area (Å²) in [7, 11) is 3.59. The summed E-state index contributed by atoms with van der Waals surface area (Å²) in [6.45, 7) is 4.43. The maximum Gasteiger partial charge on any atom is 0.351 e. The second-order valence-electron chi connectivity index (χ2n) is 11.7. The number of hydrogen-bond acceptors (Lipinski definition) is 12. The molecule has 15 heteroatoms. The Morgan fingerprint density at radius 3 is 2.39 bits per heavy atom. The van der Waals surface area contributed by atoms with Crippen LogP contribution in [0.4, 0.5) is 11.5 Å². The van der Waals surface area contributed by atoms with Gasteiger partial charge < -0.3 is 50.8 Å². The van der Waals surface area contributed by atoms with Crippen LogP contribution in [0.25, 0.3) is 0 Å². The van der Waals surface area contributed by atoms with Crippen LogP contribution in [-0.2, 0) is 19.0 Å². The molecule has 2 aliphatic rings. The standard InChI is InChI=1S/C29H42N6O9/c1-15-19(44-26-24(38)23(37)22(34(4)5)16(2)43-26)10-11-21(42-15)35-20(12-13-31-28(35)41)33-25(39)17-6-8-18(9-7-17)32-27(40)29(3,30)14-36/h6-9,12-13,15-16,19,21-24,26,36-38H,10-11,14,30H2,1-5H3,(H,32,40)(H,33,39). The van der Waals surface area contributed by atoms with E-state index < -0.39 is 78.7 Å². The number of aromatic nitrogens is 2. The van der Waals surface area contributed by atoms with Gasteiger partial charge in [0.25, 0.3) is 5.91 Å². The molecule has 0 radical (unpaired) electrons. The van der Waals surface area contributed by atoms with Crippen LogP contribution in [0.3, 0.4) is 0 Å². The summed E-state index contributed by atoms with van der Waals surface area (Å²) in [6.07, 6.45) is -3.57. The Morgan fingerprint density at radius 2 is 1.77 bits per heavy atom. The van der Waals surface area contributed by atoms with Gasteiger partial charge in [-0.2, -0.15) is 0 Å². The van der Waals surface area contributed by atoms with Crippen LogP contribution in [0.15, 0.2) is 41.3 Å². The first-order chi connectivity index (χ1) is 20.7. The molecule has 2 aliphatic heterocycles. The van der Waals surface area contributed by atoms with Gasteiger partial charge >= 0.3 is 5.69 Å². The first kappa shape index (κ1) is 33.6. The van der Waals surface area contributed by atoms with Crippen molar-refractivity contribution in [1.29, 1.82) is 0 Å². The number of rotatable bonds is 9. The van der Waals surface area contributed by atoms with Gasteiger partial charge in [0.15, 0.2) is 6.29 Å². The van der Waals surface area contributed by atoms with Gasteiger partial charge in [-0.3, -0.25) is 14.2 Å². The van der Waals surface area contributed by atoms with Crippen LogP contribution in [0.5, 0.6) is 0 Å². The lowest BCUT2D eigenvalue weighted by molar-refractivity contribution is -0.310. The van der Waals surface area contributed by atoms with Crippen molar-refractivity contribution in [2.75, 3.05) is 31.3 Å². The van der Waals surface area contributed by atoms with Gasteiger partial charge in [-0.05, 0) is 78.0 Å². The van der Waals surface area contributed by atoms with E-state index in [1.54, 1.807) is 32.8 Å². The summed E-state index contributed by atoms with van der Waals surface area (Å²) in [5.41, 5.74) is 4.29. The molecule has 2 saturated heterocycles. The fourth-order valence-corrected chi connectivity index (χ4v) is 5.37. The molecule has 2 aromatic rings. The van der Waals surface area contributed by atoms with Crippen molar-refractivity contribution in [3.63, 3.8) is 0 Å². The summed E-state index contributed by atoms with van der Waals surface area (Å²) in [5.74, 6) is -0.929. The van der Waals surface area contributed by atoms with E-state index in [0.717, 1.165) is 0 Å². The van der Waals surface area contributed by atoms with Gasteiger partial charge in [-0.1, -0.05) is 0 Å². The third-order valence-corrected chi connectivity index (χ3v) is 7.97. The molecule has 3 heterocycles. The number of benzene rings is 1. The number of amides is 2. The zero-order valence-electron chi connectivity index (χ0n) is 25.4. The Morgan fingerprint density at radius 1 is 1.09 bits per heavy atom. The van der Waals surface area contributed by atoms with Gasteiger partial charge in [0.05, 0.1) is 31.0 Å². The first-order valence-corrected chi connectivity index (χ1v) is 14.4. The van der Waals surface area contributed by atoms with E-state index in [0.29, 0.717) is 18.5 Å². The van der Waals surface area contributed by atoms with Gasteiger partial charge in [0.2, 0.25) is 5.91 Å². The molecule has 4 rings (SSSR count). The minimum Gasteiger partial charge on any atom is -0.394 e. The molecule has 15 nitrogen and oxygen atoms in total. The average Bonchev–Trinajstić information content (AvgIpc) is 2.97. The van der Waals surface area contributed by atoms with Crippen molar-refractivity contribution in [2.45, 2.75) is 88.2 Å². The van der Waals surface area contributed by atoms with Crippen LogP contribution in [-0.4, -0.2) is 111 Å². The van der Waals surface area contributed by atoms with Crippen molar-refractivity contribution in [1.82, 2.24) is 14.5 Å². The number of nitrogens with zero attached hydrogens (tertiary/aromatic N) is 3. The van der Waals surface area contributed by atoms with Gasteiger partial charge in [0, 0.05) is 17.4 Å². The monoisotopic (exact) mass is 618 g/mol. The molecular weight excluding hydrogens is 576 g/mol. The zero-order valence-corrected chi connectivity index (χ0v) is 25.4. The second-order valence-corrected chi connectivity index (χ2v) is 11.7. The molecule has 1 aromatic heterocycles. The molecule has 0 aliphatic carbocycles. The molecule has 44 heavy (non-hydrogen) atoms. The molecule has 9 unspecified atom stereocenters. The Balaban J connectivity index is 1.41. The fourth-order valence-electron chi connectivity index (χ4n) is 5.37. The predicted molar refractivity (Wildman–Crippen MR) is 159 cm³/mol. The largest absolute Gasteiger partial charge is 0.394 e. The quantitative estimate of drug-likeness (QED) is 0.212. The molecule has 7 N–H and O–H groups in total. The maximum absolute atomic E-state index is 13.1. The molecule has 1 aromatic carbocycles. The number of carbonyl (C=O) groups excluding carboxylic acids is 2. The first-order valence-electron chi connectivity index (χ1n) is 14.4. The molecule has 2 amide bonds. The normalized spacial score (nSPS) is 30.4. The number of hydrogen-bond donors (Lipinski definition) is 6. The number of likely N-dealkylation sites (N-methyl/N-ethyl adjacent to an activating group) is 1. The number of aliphatic hydroxyl groups excluding tert-OH is 3. The molecule has 0 saturated carbocycles. The average molecular weight is 619 g/mol. The smallest absolute Gasteiger partial charge is 0.351 e. The molecular formula is C29H42N6O9. The molecule has 2 fully saturated rings. The van der Waals surface area contributed by atoms with Crippen molar-refractivity contribution < 1.29 is 39.1 Å². The van der Waals surface area contributed by atoms with E-state index in [-0.39, 0.29) is 11.4 Å². The van der Waals surface area contributed by atoms with E-state index in [1.807, 2.05) is 0 Å². The predicted octanol–water partition coefficient (Wildman–Crippen LogP) is -0.377. The molecule has 0 spiro atoms. The van der Waals surface area contributed by atoms with E-state index in [1.165, 1.54) is 48.0 Å². The lowest BCUT2D eigenvalue weighted by Gasteiger charge is -2.46. The summed E-state index contributed by atoms with van der Waals surface area (Å²) in [4.78, 5) is 43.8. The van der Waals surface area contributed by atoms with Crippen LogP contribution in [0.2, 0.25) is 0 Å². The number of aliphatic hydroxyl groups is 3. The number of carbonyl (C=O) groups is 2. The van der Waals surface area contributed by atoms with Crippen molar-refractivity contribution in [3.05, 3.63) is 52.6 Å². The van der Waals surface area contributed by atoms with Crippen molar-refractivity contribution >= 4 is 23.3 Å². The van der Waals surface area contributed by atoms with E-state index in [2.05, 4.69) is 15.6 Å².